The van der Waals surface area contributed by atoms with Crippen molar-refractivity contribution < 1.29 is 13.2 Å². The van der Waals surface area contributed by atoms with Crippen molar-refractivity contribution >= 4 is 15.6 Å². The molecule has 0 fully saturated rings. The van der Waals surface area contributed by atoms with Crippen LogP contribution >= 0.6 is 0 Å². The summed E-state index contributed by atoms with van der Waals surface area (Å²) in [6.07, 6.45) is 0.327. The summed E-state index contributed by atoms with van der Waals surface area (Å²) in [5.41, 5.74) is 0.757. The summed E-state index contributed by atoms with van der Waals surface area (Å²) < 4.78 is 23.6. The van der Waals surface area contributed by atoms with E-state index in [-0.39, 0.29) is 5.78 Å². The number of benzene rings is 1. The first-order chi connectivity index (χ1) is 6.53. The molecule has 74 valence electrons. The predicted molar refractivity (Wildman–Crippen MR) is 51.8 cm³/mol. The Hall–Kier alpha value is -1.16. The Kier molecular flexibility index (Phi) is 1.96. The number of hydrogen-bond donors (Lipinski definition) is 0. The lowest BCUT2D eigenvalue weighted by atomic mass is 10.1. The third kappa shape index (κ3) is 1.18. The van der Waals surface area contributed by atoms with Crippen molar-refractivity contribution in [2.75, 3.05) is 0 Å². The maximum Gasteiger partial charge on any atom is 0.188 e. The molecule has 0 aliphatic carbocycles. The largest absolute Gasteiger partial charge is 0.299 e. The fraction of sp³-hybridized carbons (Fsp3) is 0.300. The topological polar surface area (TPSA) is 51.2 Å². The van der Waals surface area contributed by atoms with Crippen molar-refractivity contribution in [2.45, 2.75) is 23.5 Å². The highest BCUT2D eigenvalue weighted by atomic mass is 32.2. The zero-order valence-corrected chi connectivity index (χ0v) is 8.54. The van der Waals surface area contributed by atoms with E-state index in [1.54, 1.807) is 24.3 Å². The molecule has 4 heteroatoms. The summed E-state index contributed by atoms with van der Waals surface area (Å²) in [6.45, 7) is 1.33. The van der Waals surface area contributed by atoms with Crippen molar-refractivity contribution in [1.29, 1.82) is 0 Å². The molecule has 3 nitrogen and oxygen atoms in total. The highest BCUT2D eigenvalue weighted by molar-refractivity contribution is 7.93. The lowest BCUT2D eigenvalue weighted by molar-refractivity contribution is -0.116. The highest BCUT2D eigenvalue weighted by Crippen LogP contribution is 2.31. The standard InChI is InChI=1S/C10H10O3S/c1-7(11)10-6-8-4-2-3-5-9(8)14(10,12)13/h2-5,10H,6H2,1H3. The second kappa shape index (κ2) is 2.92. The van der Waals surface area contributed by atoms with Crippen molar-refractivity contribution in [1.82, 2.24) is 0 Å². The van der Waals surface area contributed by atoms with E-state index in [0.29, 0.717) is 11.3 Å². The molecule has 1 aliphatic heterocycles. The van der Waals surface area contributed by atoms with Gasteiger partial charge < -0.3 is 0 Å². The molecule has 0 aromatic heterocycles. The molecule has 0 bridgehead atoms. The van der Waals surface area contributed by atoms with E-state index in [2.05, 4.69) is 0 Å². The first-order valence-electron chi connectivity index (χ1n) is 4.36. The van der Waals surface area contributed by atoms with Crippen LogP contribution in [0.25, 0.3) is 0 Å². The smallest absolute Gasteiger partial charge is 0.188 e. The predicted octanol–water partition coefficient (Wildman–Crippen LogP) is 0.974. The SMILES string of the molecule is CC(=O)C1Cc2ccccc2S1(=O)=O. The van der Waals surface area contributed by atoms with E-state index < -0.39 is 15.1 Å². The van der Waals surface area contributed by atoms with Crippen molar-refractivity contribution in [3.05, 3.63) is 29.8 Å². The molecule has 0 spiro atoms. The molecule has 0 saturated heterocycles. The van der Waals surface area contributed by atoms with Crippen LogP contribution in [0.2, 0.25) is 0 Å². The Labute approximate surface area is 82.7 Å². The second-order valence-corrected chi connectivity index (χ2v) is 5.56. The molecule has 1 unspecified atom stereocenters. The van der Waals surface area contributed by atoms with Gasteiger partial charge in [0.25, 0.3) is 0 Å². The molecule has 2 rings (SSSR count). The number of carbonyl (C=O) groups is 1. The van der Waals surface area contributed by atoms with E-state index in [0.717, 1.165) is 5.56 Å². The Morgan fingerprint density at radius 2 is 2.00 bits per heavy atom. The molecule has 1 aromatic rings. The van der Waals surface area contributed by atoms with Gasteiger partial charge in [-0.2, -0.15) is 0 Å². The molecule has 0 radical (unpaired) electrons. The minimum atomic E-state index is -3.40. The van der Waals surface area contributed by atoms with E-state index in [9.17, 15) is 13.2 Å². The van der Waals surface area contributed by atoms with Gasteiger partial charge in [-0.15, -0.1) is 0 Å². The molecule has 14 heavy (non-hydrogen) atoms. The number of Topliss-reactive ketones (excluding diaryl/α,β-unsaturated/α-hetero) is 1. The summed E-state index contributed by atoms with van der Waals surface area (Å²) in [6, 6.07) is 6.79. The first-order valence-corrected chi connectivity index (χ1v) is 5.90. The van der Waals surface area contributed by atoms with E-state index in [4.69, 9.17) is 0 Å². The lowest BCUT2D eigenvalue weighted by Gasteiger charge is -2.03. The minimum absolute atomic E-state index is 0.277. The Morgan fingerprint density at radius 1 is 1.36 bits per heavy atom. The molecular formula is C10H10O3S. The highest BCUT2D eigenvalue weighted by Gasteiger charge is 2.39. The average Bonchev–Trinajstić information content (AvgIpc) is 2.39. The fourth-order valence-corrected chi connectivity index (χ4v) is 3.70. The van der Waals surface area contributed by atoms with Crippen molar-refractivity contribution in [3.63, 3.8) is 0 Å². The maximum absolute atomic E-state index is 11.8. The summed E-state index contributed by atoms with van der Waals surface area (Å²) >= 11 is 0. The zero-order valence-electron chi connectivity index (χ0n) is 7.73. The van der Waals surface area contributed by atoms with Gasteiger partial charge in [-0.05, 0) is 25.0 Å². The molecule has 1 atom stereocenters. The van der Waals surface area contributed by atoms with Gasteiger partial charge in [-0.3, -0.25) is 4.79 Å². The van der Waals surface area contributed by atoms with Crippen molar-refractivity contribution in [2.24, 2.45) is 0 Å². The number of rotatable bonds is 1. The second-order valence-electron chi connectivity index (χ2n) is 3.46. The van der Waals surface area contributed by atoms with E-state index in [1.807, 2.05) is 0 Å². The number of fused-ring (bicyclic) bond motifs is 1. The van der Waals surface area contributed by atoms with Gasteiger partial charge in [-0.25, -0.2) is 8.42 Å². The Balaban J connectivity index is 2.62. The van der Waals surface area contributed by atoms with Gasteiger partial charge in [0.1, 0.15) is 11.0 Å². The first kappa shape index (κ1) is 9.40. The fourth-order valence-electron chi connectivity index (χ4n) is 1.77. The summed E-state index contributed by atoms with van der Waals surface area (Å²) in [5, 5.41) is -0.861. The van der Waals surface area contributed by atoms with Gasteiger partial charge in [0.05, 0.1) is 4.90 Å². The number of sulfone groups is 1. The van der Waals surface area contributed by atoms with Crippen LogP contribution in [-0.2, 0) is 21.1 Å². The number of carbonyl (C=O) groups excluding carboxylic acids is 1. The number of hydrogen-bond acceptors (Lipinski definition) is 3. The molecular weight excluding hydrogens is 200 g/mol. The minimum Gasteiger partial charge on any atom is -0.299 e. The summed E-state index contributed by atoms with van der Waals surface area (Å²) in [7, 11) is -3.40. The van der Waals surface area contributed by atoms with Gasteiger partial charge in [0.2, 0.25) is 0 Å². The van der Waals surface area contributed by atoms with E-state index in [1.165, 1.54) is 6.92 Å². The van der Waals surface area contributed by atoms with Gasteiger partial charge in [0.15, 0.2) is 9.84 Å². The molecule has 1 aromatic carbocycles. The molecule has 0 N–H and O–H groups in total. The number of ketones is 1. The zero-order chi connectivity index (χ0) is 10.3. The van der Waals surface area contributed by atoms with Crippen LogP contribution in [0.4, 0.5) is 0 Å². The van der Waals surface area contributed by atoms with Crippen molar-refractivity contribution in [3.8, 4) is 0 Å². The quantitative estimate of drug-likeness (QED) is 0.694. The third-order valence-electron chi connectivity index (χ3n) is 2.51. The van der Waals surface area contributed by atoms with Gasteiger partial charge in [0, 0.05) is 0 Å². The van der Waals surface area contributed by atoms with Gasteiger partial charge >= 0.3 is 0 Å². The maximum atomic E-state index is 11.8. The third-order valence-corrected chi connectivity index (χ3v) is 4.77. The molecule has 0 saturated carbocycles. The van der Waals surface area contributed by atoms with Crippen LogP contribution in [0.3, 0.4) is 0 Å². The average molecular weight is 210 g/mol. The summed E-state index contributed by atoms with van der Waals surface area (Å²) in [4.78, 5) is 11.5. The Morgan fingerprint density at radius 3 is 2.57 bits per heavy atom. The Bertz CT molecular complexity index is 488. The van der Waals surface area contributed by atoms with Crippen LogP contribution < -0.4 is 0 Å². The van der Waals surface area contributed by atoms with Crippen LogP contribution in [0.5, 0.6) is 0 Å². The lowest BCUT2D eigenvalue weighted by Crippen LogP contribution is -2.24. The van der Waals surface area contributed by atoms with Crippen LogP contribution in [-0.4, -0.2) is 19.5 Å². The van der Waals surface area contributed by atoms with Crippen LogP contribution in [0.15, 0.2) is 29.2 Å². The molecule has 1 heterocycles. The van der Waals surface area contributed by atoms with E-state index >= 15 is 0 Å². The normalized spacial score (nSPS) is 23.1. The molecule has 1 aliphatic rings. The monoisotopic (exact) mass is 210 g/mol. The van der Waals surface area contributed by atoms with Crippen LogP contribution in [0.1, 0.15) is 12.5 Å². The summed E-state index contributed by atoms with van der Waals surface area (Å²) in [5.74, 6) is -0.277. The van der Waals surface area contributed by atoms with Gasteiger partial charge in [-0.1, -0.05) is 18.2 Å². The van der Waals surface area contributed by atoms with Crippen LogP contribution in [0, 0.1) is 0 Å². The molecule has 0 amide bonds.